The van der Waals surface area contributed by atoms with Crippen LogP contribution >= 0.6 is 0 Å². The van der Waals surface area contributed by atoms with Gasteiger partial charge in [-0.15, -0.1) is 0 Å². The van der Waals surface area contributed by atoms with E-state index in [0.717, 1.165) is 5.56 Å². The number of H-pyrrole nitrogens is 1. The van der Waals surface area contributed by atoms with E-state index in [0.29, 0.717) is 11.3 Å². The molecule has 1 aromatic heterocycles. The summed E-state index contributed by atoms with van der Waals surface area (Å²) in [6, 6.07) is 11.0. The van der Waals surface area contributed by atoms with E-state index in [2.05, 4.69) is 4.98 Å². The lowest BCUT2D eigenvalue weighted by Gasteiger charge is -2.29. The van der Waals surface area contributed by atoms with Crippen LogP contribution in [-0.2, 0) is 9.53 Å². The van der Waals surface area contributed by atoms with Gasteiger partial charge in [0.1, 0.15) is 17.4 Å². The Balaban J connectivity index is 2.33. The van der Waals surface area contributed by atoms with Crippen molar-refractivity contribution in [1.29, 1.82) is 5.26 Å². The van der Waals surface area contributed by atoms with Gasteiger partial charge in [0, 0.05) is 5.56 Å². The molecule has 0 radical (unpaired) electrons. The van der Waals surface area contributed by atoms with Crippen LogP contribution < -0.4 is 16.0 Å². The topological polar surface area (TPSA) is 118 Å². The standard InChI is InChI=1S/C19H17N3O4/c1-3-25-19(24)13-10(2)26-18-15(14(13)11-7-5-4-6-8-11)16(21)12(9-20)17(23)22-18/h4-8,14H,3H2,1-2H3,(H3,21,22,23). The molecule has 3 rings (SSSR count). The summed E-state index contributed by atoms with van der Waals surface area (Å²) in [5.74, 6) is -0.716. The summed E-state index contributed by atoms with van der Waals surface area (Å²) < 4.78 is 10.8. The molecule has 1 unspecified atom stereocenters. The monoisotopic (exact) mass is 351 g/mol. The molecule has 7 nitrogen and oxygen atoms in total. The zero-order chi connectivity index (χ0) is 18.8. The fraction of sp³-hybridized carbons (Fsp3) is 0.211. The van der Waals surface area contributed by atoms with E-state index in [1.54, 1.807) is 13.8 Å². The van der Waals surface area contributed by atoms with Gasteiger partial charge in [0.05, 0.1) is 23.8 Å². The van der Waals surface area contributed by atoms with E-state index >= 15 is 0 Å². The molecule has 0 aliphatic carbocycles. The molecular weight excluding hydrogens is 334 g/mol. The summed E-state index contributed by atoms with van der Waals surface area (Å²) in [7, 11) is 0. The third kappa shape index (κ3) is 2.71. The van der Waals surface area contributed by atoms with Crippen molar-refractivity contribution in [3.63, 3.8) is 0 Å². The van der Waals surface area contributed by atoms with E-state index in [4.69, 9.17) is 15.2 Å². The Bertz CT molecular complexity index is 1000. The fourth-order valence-electron chi connectivity index (χ4n) is 3.10. The van der Waals surface area contributed by atoms with E-state index in [1.807, 2.05) is 36.4 Å². The molecule has 1 aliphatic rings. The molecule has 132 valence electrons. The smallest absolute Gasteiger partial charge is 0.338 e. The summed E-state index contributed by atoms with van der Waals surface area (Å²) in [5.41, 5.74) is 6.70. The number of aromatic amines is 1. The second-order valence-electron chi connectivity index (χ2n) is 5.73. The second kappa shape index (κ2) is 6.76. The highest BCUT2D eigenvalue weighted by Gasteiger charge is 2.37. The number of hydrogen-bond acceptors (Lipinski definition) is 6. The first kappa shape index (κ1) is 17.3. The van der Waals surface area contributed by atoms with Crippen molar-refractivity contribution in [1.82, 2.24) is 4.98 Å². The average Bonchev–Trinajstić information content (AvgIpc) is 2.61. The average molecular weight is 351 g/mol. The Morgan fingerprint density at radius 1 is 1.38 bits per heavy atom. The highest BCUT2D eigenvalue weighted by Crippen LogP contribution is 2.45. The van der Waals surface area contributed by atoms with E-state index < -0.39 is 17.4 Å². The number of nitrogen functional groups attached to an aromatic ring is 1. The molecule has 7 heteroatoms. The highest BCUT2D eigenvalue weighted by molar-refractivity contribution is 5.93. The Labute approximate surface area is 149 Å². The zero-order valence-corrected chi connectivity index (χ0v) is 14.3. The molecule has 0 spiro atoms. The zero-order valence-electron chi connectivity index (χ0n) is 14.3. The van der Waals surface area contributed by atoms with Gasteiger partial charge in [-0.2, -0.15) is 5.26 Å². The summed E-state index contributed by atoms with van der Waals surface area (Å²) >= 11 is 0. The number of carbonyl (C=O) groups excluding carboxylic acids is 1. The van der Waals surface area contributed by atoms with Gasteiger partial charge in [-0.3, -0.25) is 9.78 Å². The first-order valence-corrected chi connectivity index (χ1v) is 8.06. The van der Waals surface area contributed by atoms with Crippen molar-refractivity contribution >= 4 is 11.7 Å². The van der Waals surface area contributed by atoms with Gasteiger partial charge in [0.25, 0.3) is 5.56 Å². The SMILES string of the molecule is CCOC(=O)C1=C(C)Oc2[nH]c(=O)c(C#N)c(N)c2C1c1ccccc1. The number of carbonyl (C=O) groups is 1. The summed E-state index contributed by atoms with van der Waals surface area (Å²) in [4.78, 5) is 27.2. The summed E-state index contributed by atoms with van der Waals surface area (Å²) in [5, 5.41) is 9.27. The van der Waals surface area contributed by atoms with Crippen LogP contribution in [0.15, 0.2) is 46.5 Å². The van der Waals surface area contributed by atoms with Crippen LogP contribution in [0.3, 0.4) is 0 Å². The first-order chi connectivity index (χ1) is 12.5. The van der Waals surface area contributed by atoms with E-state index in [9.17, 15) is 14.9 Å². The predicted molar refractivity (Wildman–Crippen MR) is 94.4 cm³/mol. The van der Waals surface area contributed by atoms with Gasteiger partial charge in [-0.25, -0.2) is 4.79 Å². The number of nitriles is 1. The van der Waals surface area contributed by atoms with Crippen molar-refractivity contribution in [2.45, 2.75) is 19.8 Å². The van der Waals surface area contributed by atoms with E-state index in [-0.39, 0.29) is 29.3 Å². The minimum Gasteiger partial charge on any atom is -0.463 e. The van der Waals surface area contributed by atoms with Crippen LogP contribution in [-0.4, -0.2) is 17.6 Å². The van der Waals surface area contributed by atoms with Crippen molar-refractivity contribution in [3.05, 3.63) is 68.7 Å². The van der Waals surface area contributed by atoms with Gasteiger partial charge in [0.15, 0.2) is 0 Å². The molecule has 1 atom stereocenters. The van der Waals surface area contributed by atoms with Crippen LogP contribution in [0, 0.1) is 11.3 Å². The molecule has 2 aromatic rings. The van der Waals surface area contributed by atoms with Crippen molar-refractivity contribution in [2.24, 2.45) is 0 Å². The Kier molecular flexibility index (Phi) is 4.50. The third-order valence-electron chi connectivity index (χ3n) is 4.21. The second-order valence-corrected chi connectivity index (χ2v) is 5.73. The molecule has 26 heavy (non-hydrogen) atoms. The molecule has 0 amide bonds. The Morgan fingerprint density at radius 3 is 2.69 bits per heavy atom. The number of ether oxygens (including phenoxy) is 2. The first-order valence-electron chi connectivity index (χ1n) is 8.06. The number of benzene rings is 1. The number of rotatable bonds is 3. The Hall–Kier alpha value is -3.53. The lowest BCUT2D eigenvalue weighted by Crippen LogP contribution is -2.27. The quantitative estimate of drug-likeness (QED) is 0.818. The number of anilines is 1. The molecule has 2 heterocycles. The summed E-state index contributed by atoms with van der Waals surface area (Å²) in [6.45, 7) is 3.54. The van der Waals surface area contributed by atoms with Crippen molar-refractivity contribution in [2.75, 3.05) is 12.3 Å². The van der Waals surface area contributed by atoms with Crippen LogP contribution in [0.4, 0.5) is 5.69 Å². The lowest BCUT2D eigenvalue weighted by molar-refractivity contribution is -0.139. The minimum absolute atomic E-state index is 0.00518. The molecule has 1 aliphatic heterocycles. The molecule has 3 N–H and O–H groups in total. The largest absolute Gasteiger partial charge is 0.463 e. The molecule has 0 bridgehead atoms. The van der Waals surface area contributed by atoms with Crippen molar-refractivity contribution < 1.29 is 14.3 Å². The van der Waals surface area contributed by atoms with Gasteiger partial charge < -0.3 is 15.2 Å². The maximum atomic E-state index is 12.6. The lowest BCUT2D eigenvalue weighted by atomic mass is 9.82. The number of allylic oxidation sites excluding steroid dienone is 1. The molecular formula is C19H17N3O4. The van der Waals surface area contributed by atoms with Crippen LogP contribution in [0.5, 0.6) is 5.88 Å². The highest BCUT2D eigenvalue weighted by atomic mass is 16.5. The van der Waals surface area contributed by atoms with Gasteiger partial charge >= 0.3 is 5.97 Å². The van der Waals surface area contributed by atoms with Gasteiger partial charge in [-0.05, 0) is 19.4 Å². The van der Waals surface area contributed by atoms with Crippen LogP contribution in [0.25, 0.3) is 0 Å². The molecule has 0 saturated carbocycles. The number of fused-ring (bicyclic) bond motifs is 1. The van der Waals surface area contributed by atoms with E-state index in [1.165, 1.54) is 0 Å². The number of esters is 1. The number of nitrogens with zero attached hydrogens (tertiary/aromatic N) is 1. The minimum atomic E-state index is -0.636. The maximum Gasteiger partial charge on any atom is 0.338 e. The molecule has 0 fully saturated rings. The molecule has 0 saturated heterocycles. The number of hydrogen-bond donors (Lipinski definition) is 2. The third-order valence-corrected chi connectivity index (χ3v) is 4.21. The maximum absolute atomic E-state index is 12.6. The summed E-state index contributed by atoms with van der Waals surface area (Å²) in [6.07, 6.45) is 0. The van der Waals surface area contributed by atoms with Gasteiger partial charge in [0.2, 0.25) is 5.88 Å². The van der Waals surface area contributed by atoms with Crippen LogP contribution in [0.1, 0.15) is 36.5 Å². The predicted octanol–water partition coefficient (Wildman–Crippen LogP) is 2.19. The number of pyridine rings is 1. The van der Waals surface area contributed by atoms with Crippen molar-refractivity contribution in [3.8, 4) is 11.9 Å². The number of aromatic nitrogens is 1. The Morgan fingerprint density at radius 2 is 2.08 bits per heavy atom. The van der Waals surface area contributed by atoms with Gasteiger partial charge in [-0.1, -0.05) is 30.3 Å². The molecule has 1 aromatic carbocycles. The van der Waals surface area contributed by atoms with Crippen LogP contribution in [0.2, 0.25) is 0 Å². The number of nitrogens with one attached hydrogen (secondary N) is 1. The number of nitrogens with two attached hydrogens (primary N) is 1. The normalized spacial score (nSPS) is 15.7. The fourth-order valence-corrected chi connectivity index (χ4v) is 3.10.